The standard InChI is InChI=1S/C7H12N4O2/c1-2-5-7(10-11-9-5)4(8)3-6(12)13/h4H,2-3,8H2,1H3,(H,12,13)(H,9,10,11). The van der Waals surface area contributed by atoms with E-state index in [2.05, 4.69) is 15.4 Å². The van der Waals surface area contributed by atoms with Crippen LogP contribution < -0.4 is 5.73 Å². The summed E-state index contributed by atoms with van der Waals surface area (Å²) < 4.78 is 0. The van der Waals surface area contributed by atoms with Gasteiger partial charge in [0.25, 0.3) is 0 Å². The molecule has 1 aromatic heterocycles. The number of aliphatic carboxylic acids is 1. The Balaban J connectivity index is 2.75. The summed E-state index contributed by atoms with van der Waals surface area (Å²) in [5.41, 5.74) is 6.89. The van der Waals surface area contributed by atoms with Crippen molar-refractivity contribution in [3.05, 3.63) is 11.4 Å². The zero-order valence-corrected chi connectivity index (χ0v) is 7.32. The molecule has 0 fully saturated rings. The topological polar surface area (TPSA) is 105 Å². The number of nitrogens with one attached hydrogen (secondary N) is 1. The third kappa shape index (κ3) is 2.25. The van der Waals surface area contributed by atoms with E-state index in [-0.39, 0.29) is 6.42 Å². The third-order valence-corrected chi connectivity index (χ3v) is 1.73. The van der Waals surface area contributed by atoms with Crippen LogP contribution in [0.1, 0.15) is 30.8 Å². The van der Waals surface area contributed by atoms with Crippen molar-refractivity contribution in [2.75, 3.05) is 0 Å². The van der Waals surface area contributed by atoms with E-state index in [9.17, 15) is 4.79 Å². The average Bonchev–Trinajstić information content (AvgIpc) is 2.49. The number of aromatic amines is 1. The highest BCUT2D eigenvalue weighted by molar-refractivity contribution is 5.67. The predicted molar refractivity (Wildman–Crippen MR) is 44.9 cm³/mol. The molecule has 0 aromatic carbocycles. The average molecular weight is 184 g/mol. The summed E-state index contributed by atoms with van der Waals surface area (Å²) in [6, 6.07) is -0.578. The summed E-state index contributed by atoms with van der Waals surface area (Å²) in [5, 5.41) is 18.6. The maximum absolute atomic E-state index is 10.4. The Bertz CT molecular complexity index is 296. The highest BCUT2D eigenvalue weighted by Crippen LogP contribution is 2.14. The van der Waals surface area contributed by atoms with E-state index in [1.165, 1.54) is 0 Å². The molecule has 1 rings (SSSR count). The zero-order valence-electron chi connectivity index (χ0n) is 7.32. The van der Waals surface area contributed by atoms with Crippen LogP contribution in [0.4, 0.5) is 0 Å². The number of carboxylic acid groups (broad SMARTS) is 1. The van der Waals surface area contributed by atoms with Crippen molar-refractivity contribution in [2.24, 2.45) is 5.73 Å². The Morgan fingerprint density at radius 3 is 2.92 bits per heavy atom. The van der Waals surface area contributed by atoms with E-state index in [0.29, 0.717) is 12.1 Å². The van der Waals surface area contributed by atoms with Gasteiger partial charge in [-0.25, -0.2) is 0 Å². The maximum atomic E-state index is 10.4. The SMILES string of the molecule is CCc1n[nH]nc1C(N)CC(=O)O. The smallest absolute Gasteiger partial charge is 0.305 e. The first kappa shape index (κ1) is 9.66. The Kier molecular flexibility index (Phi) is 2.97. The number of rotatable bonds is 4. The first-order chi connectivity index (χ1) is 6.15. The van der Waals surface area contributed by atoms with Crippen molar-refractivity contribution >= 4 is 5.97 Å². The van der Waals surface area contributed by atoms with Crippen LogP contribution in [0.3, 0.4) is 0 Å². The molecule has 4 N–H and O–H groups in total. The van der Waals surface area contributed by atoms with Crippen molar-refractivity contribution in [3.8, 4) is 0 Å². The van der Waals surface area contributed by atoms with Crippen LogP contribution >= 0.6 is 0 Å². The van der Waals surface area contributed by atoms with E-state index in [1.807, 2.05) is 6.92 Å². The largest absolute Gasteiger partial charge is 0.481 e. The molecule has 1 atom stereocenters. The molecule has 0 spiro atoms. The second kappa shape index (κ2) is 3.99. The number of hydrogen-bond acceptors (Lipinski definition) is 4. The van der Waals surface area contributed by atoms with Crippen LogP contribution in [0, 0.1) is 0 Å². The van der Waals surface area contributed by atoms with E-state index in [4.69, 9.17) is 10.8 Å². The van der Waals surface area contributed by atoms with Gasteiger partial charge in [-0.3, -0.25) is 4.79 Å². The minimum atomic E-state index is -0.933. The molecule has 6 nitrogen and oxygen atoms in total. The lowest BCUT2D eigenvalue weighted by atomic mass is 10.1. The second-order valence-electron chi connectivity index (χ2n) is 2.71. The summed E-state index contributed by atoms with van der Waals surface area (Å²) in [4.78, 5) is 10.4. The molecule has 0 aliphatic carbocycles. The van der Waals surface area contributed by atoms with E-state index < -0.39 is 12.0 Å². The first-order valence-electron chi connectivity index (χ1n) is 4.02. The lowest BCUT2D eigenvalue weighted by Gasteiger charge is -2.05. The molecule has 1 unspecified atom stereocenters. The zero-order chi connectivity index (χ0) is 9.84. The highest BCUT2D eigenvalue weighted by Gasteiger charge is 2.17. The van der Waals surface area contributed by atoms with E-state index >= 15 is 0 Å². The van der Waals surface area contributed by atoms with Crippen LogP contribution in [-0.2, 0) is 11.2 Å². The number of H-pyrrole nitrogens is 1. The number of carboxylic acids is 1. The molecule has 0 radical (unpaired) electrons. The quantitative estimate of drug-likeness (QED) is 0.603. The van der Waals surface area contributed by atoms with Crippen LogP contribution in [0.5, 0.6) is 0 Å². The molecule has 72 valence electrons. The van der Waals surface area contributed by atoms with Gasteiger partial charge in [0, 0.05) is 0 Å². The van der Waals surface area contributed by atoms with Crippen molar-refractivity contribution < 1.29 is 9.90 Å². The van der Waals surface area contributed by atoms with Gasteiger partial charge in [0.05, 0.1) is 18.2 Å². The molecule has 6 heteroatoms. The third-order valence-electron chi connectivity index (χ3n) is 1.73. The lowest BCUT2D eigenvalue weighted by molar-refractivity contribution is -0.137. The van der Waals surface area contributed by atoms with Crippen molar-refractivity contribution in [2.45, 2.75) is 25.8 Å². The van der Waals surface area contributed by atoms with Gasteiger partial charge in [-0.1, -0.05) is 6.92 Å². The summed E-state index contributed by atoms with van der Waals surface area (Å²) in [6.45, 7) is 1.91. The number of carbonyl (C=O) groups is 1. The Morgan fingerprint density at radius 1 is 1.69 bits per heavy atom. The minimum Gasteiger partial charge on any atom is -0.481 e. The van der Waals surface area contributed by atoms with Crippen LogP contribution in [0.15, 0.2) is 0 Å². The molecular weight excluding hydrogens is 172 g/mol. The predicted octanol–water partition coefficient (Wildman–Crippen LogP) is -0.158. The van der Waals surface area contributed by atoms with Crippen molar-refractivity contribution in [1.29, 1.82) is 0 Å². The van der Waals surface area contributed by atoms with Gasteiger partial charge in [-0.2, -0.15) is 15.4 Å². The molecule has 13 heavy (non-hydrogen) atoms. The summed E-state index contributed by atoms with van der Waals surface area (Å²) in [5.74, 6) is -0.933. The minimum absolute atomic E-state index is 0.125. The fraction of sp³-hybridized carbons (Fsp3) is 0.571. The number of aryl methyl sites for hydroxylation is 1. The Hall–Kier alpha value is -1.43. The highest BCUT2D eigenvalue weighted by atomic mass is 16.4. The monoisotopic (exact) mass is 184 g/mol. The normalized spacial score (nSPS) is 12.8. The molecule has 0 bridgehead atoms. The summed E-state index contributed by atoms with van der Waals surface area (Å²) in [6.07, 6.45) is 0.568. The van der Waals surface area contributed by atoms with E-state index in [0.717, 1.165) is 5.69 Å². The van der Waals surface area contributed by atoms with Gasteiger partial charge in [0.1, 0.15) is 5.69 Å². The second-order valence-corrected chi connectivity index (χ2v) is 2.71. The number of hydrogen-bond donors (Lipinski definition) is 3. The maximum Gasteiger partial charge on any atom is 0.305 e. The van der Waals surface area contributed by atoms with Crippen LogP contribution in [0.25, 0.3) is 0 Å². The molecule has 0 aliphatic heterocycles. The number of nitrogens with zero attached hydrogens (tertiary/aromatic N) is 2. The van der Waals surface area contributed by atoms with Gasteiger partial charge >= 0.3 is 5.97 Å². The van der Waals surface area contributed by atoms with Crippen LogP contribution in [-0.4, -0.2) is 26.5 Å². The molecule has 1 heterocycles. The van der Waals surface area contributed by atoms with Gasteiger partial charge in [-0.15, -0.1) is 0 Å². The first-order valence-corrected chi connectivity index (χ1v) is 4.02. The molecular formula is C7H12N4O2. The molecule has 0 saturated heterocycles. The number of nitrogens with two attached hydrogens (primary N) is 1. The number of aromatic nitrogens is 3. The Labute approximate surface area is 75.1 Å². The fourth-order valence-corrected chi connectivity index (χ4v) is 1.10. The van der Waals surface area contributed by atoms with Gasteiger partial charge in [0.15, 0.2) is 0 Å². The molecule has 0 aliphatic rings. The van der Waals surface area contributed by atoms with Gasteiger partial charge in [-0.05, 0) is 6.42 Å². The van der Waals surface area contributed by atoms with Gasteiger partial charge < -0.3 is 10.8 Å². The fourth-order valence-electron chi connectivity index (χ4n) is 1.10. The van der Waals surface area contributed by atoms with Crippen LogP contribution in [0.2, 0.25) is 0 Å². The Morgan fingerprint density at radius 2 is 2.38 bits per heavy atom. The summed E-state index contributed by atoms with van der Waals surface area (Å²) in [7, 11) is 0. The lowest BCUT2D eigenvalue weighted by Crippen LogP contribution is -2.16. The summed E-state index contributed by atoms with van der Waals surface area (Å²) >= 11 is 0. The molecule has 1 aromatic rings. The van der Waals surface area contributed by atoms with E-state index in [1.54, 1.807) is 0 Å². The molecule has 0 saturated carbocycles. The van der Waals surface area contributed by atoms with Gasteiger partial charge in [0.2, 0.25) is 0 Å². The van der Waals surface area contributed by atoms with Crippen molar-refractivity contribution in [1.82, 2.24) is 15.4 Å². The molecule has 0 amide bonds. The van der Waals surface area contributed by atoms with Crippen molar-refractivity contribution in [3.63, 3.8) is 0 Å².